The molecular weight excluding hydrogens is 496 g/mol. The molecule has 37 heavy (non-hydrogen) atoms. The van der Waals surface area contributed by atoms with Crippen molar-refractivity contribution in [3.05, 3.63) is 65.9 Å². The maximum Gasteiger partial charge on any atom is 0.325 e. The van der Waals surface area contributed by atoms with E-state index in [4.69, 9.17) is 21.5 Å². The number of aryl methyl sites for hydroxylation is 1. The van der Waals surface area contributed by atoms with Gasteiger partial charge >= 0.3 is 5.88 Å². The van der Waals surface area contributed by atoms with Crippen molar-refractivity contribution in [3.63, 3.8) is 0 Å². The Bertz CT molecular complexity index is 1330. The van der Waals surface area contributed by atoms with Gasteiger partial charge in [0.25, 0.3) is 11.6 Å². The maximum atomic E-state index is 13.2. The molecule has 192 valence electrons. The number of thiocarbonyl (C=S) groups is 1. The number of hydrogen-bond donors (Lipinski definition) is 1. The lowest BCUT2D eigenvalue weighted by molar-refractivity contribution is -0.746. The monoisotopic (exact) mass is 522 g/mol. The number of carbonyl (C=O) groups is 2. The predicted octanol–water partition coefficient (Wildman–Crippen LogP) is 1.29. The van der Waals surface area contributed by atoms with Crippen LogP contribution in [-0.2, 0) is 23.2 Å². The normalized spacial score (nSPS) is 15.9. The molecule has 12 heteroatoms. The van der Waals surface area contributed by atoms with Crippen LogP contribution in [0.25, 0.3) is 0 Å². The fourth-order valence-corrected chi connectivity index (χ4v) is 4.33. The fraction of sp³-hybridized carbons (Fsp3) is 0.280. The summed E-state index contributed by atoms with van der Waals surface area (Å²) in [5, 5.41) is 19.6. The second-order valence-corrected chi connectivity index (χ2v) is 8.59. The van der Waals surface area contributed by atoms with Crippen molar-refractivity contribution in [3.8, 4) is 5.75 Å². The summed E-state index contributed by atoms with van der Waals surface area (Å²) in [5.74, 6) is -0.469. The van der Waals surface area contributed by atoms with Gasteiger partial charge in [-0.25, -0.2) is 4.99 Å². The molecule has 1 N–H and O–H groups in total. The van der Waals surface area contributed by atoms with Gasteiger partial charge in [-0.1, -0.05) is 30.3 Å². The molecule has 11 nitrogen and oxygen atoms in total. The second-order valence-electron chi connectivity index (χ2n) is 8.22. The van der Waals surface area contributed by atoms with E-state index in [0.717, 1.165) is 0 Å². The van der Waals surface area contributed by atoms with Crippen LogP contribution < -0.4 is 19.8 Å². The van der Waals surface area contributed by atoms with Crippen molar-refractivity contribution in [1.82, 2.24) is 15.1 Å². The molecule has 0 aliphatic carbocycles. The summed E-state index contributed by atoms with van der Waals surface area (Å²) in [5.41, 5.74) is 1.39. The van der Waals surface area contributed by atoms with Crippen molar-refractivity contribution in [2.45, 2.75) is 25.9 Å². The van der Waals surface area contributed by atoms with Crippen LogP contribution in [0.2, 0.25) is 0 Å². The molecule has 0 spiro atoms. The molecular formula is C25H26N6O5S. The van der Waals surface area contributed by atoms with Crippen molar-refractivity contribution in [1.29, 1.82) is 0 Å². The van der Waals surface area contributed by atoms with Crippen LogP contribution in [0.5, 0.6) is 5.75 Å². The fourth-order valence-electron chi connectivity index (χ4n) is 3.92. The van der Waals surface area contributed by atoms with Crippen LogP contribution >= 0.6 is 12.2 Å². The van der Waals surface area contributed by atoms with Crippen LogP contribution in [0.4, 0.5) is 11.6 Å². The summed E-state index contributed by atoms with van der Waals surface area (Å²) in [6, 6.07) is 14.6. The summed E-state index contributed by atoms with van der Waals surface area (Å²) >= 11 is 5.58. The van der Waals surface area contributed by atoms with Gasteiger partial charge in [0.05, 0.1) is 13.5 Å². The summed E-state index contributed by atoms with van der Waals surface area (Å²) < 4.78 is 11.9. The van der Waals surface area contributed by atoms with Crippen molar-refractivity contribution >= 4 is 46.6 Å². The molecule has 2 aromatic carbocycles. The quantitative estimate of drug-likeness (QED) is 0.193. The molecule has 2 amide bonds. The highest BCUT2D eigenvalue weighted by molar-refractivity contribution is 7.80. The largest absolute Gasteiger partial charge is 0.858 e. The van der Waals surface area contributed by atoms with Crippen LogP contribution in [-0.4, -0.2) is 57.6 Å². The van der Waals surface area contributed by atoms with E-state index in [2.05, 4.69) is 15.6 Å². The molecule has 1 unspecified atom stereocenters. The number of hydrogen-bond acceptors (Lipinski definition) is 8. The molecule has 0 saturated carbocycles. The highest BCUT2D eigenvalue weighted by atomic mass is 32.1. The number of anilines is 1. The molecule has 1 aliphatic heterocycles. The number of rotatable bonds is 9. The number of methoxy groups -OCH3 is 1. The van der Waals surface area contributed by atoms with E-state index in [1.165, 1.54) is 9.58 Å². The van der Waals surface area contributed by atoms with Crippen molar-refractivity contribution in [2.24, 2.45) is 12.0 Å². The topological polar surface area (TPSA) is 127 Å². The van der Waals surface area contributed by atoms with Crippen LogP contribution in [0.15, 0.2) is 64.1 Å². The lowest BCUT2D eigenvalue weighted by Crippen LogP contribution is -2.42. The number of aliphatic imine (C=N–C) groups is 1. The number of benzene rings is 2. The Labute approximate surface area is 218 Å². The Kier molecular flexibility index (Phi) is 7.77. The lowest BCUT2D eigenvalue weighted by Gasteiger charge is -2.21. The van der Waals surface area contributed by atoms with Gasteiger partial charge in [0.2, 0.25) is 11.2 Å². The predicted molar refractivity (Wildman–Crippen MR) is 136 cm³/mol. The minimum atomic E-state index is -0.849. The number of nitrogens with zero attached hydrogens (tertiary/aromatic N) is 5. The number of likely N-dealkylation sites (N-methyl/N-ethyl adjacent to an activating group) is 1. The maximum absolute atomic E-state index is 13.2. The van der Waals surface area contributed by atoms with E-state index in [-0.39, 0.29) is 35.8 Å². The molecule has 0 radical (unpaired) electrons. The third-order valence-electron chi connectivity index (χ3n) is 5.90. The van der Waals surface area contributed by atoms with Crippen LogP contribution in [0, 0.1) is 0 Å². The SMILES string of the molecule is CCN1C(=O)C(CC(=O)Nc2ccc(OC)cc2)N(Cc2c(/N=C(\[O-])c3ccccc3)on[n+]2C)C1=S. The average molecular weight is 523 g/mol. The Balaban J connectivity index is 1.56. The van der Waals surface area contributed by atoms with Gasteiger partial charge in [0.1, 0.15) is 18.3 Å². The smallest absolute Gasteiger partial charge is 0.325 e. The molecule has 0 bridgehead atoms. The van der Waals surface area contributed by atoms with Gasteiger partial charge in [-0.15, -0.1) is 0 Å². The summed E-state index contributed by atoms with van der Waals surface area (Å²) in [6.45, 7) is 2.22. The number of carbonyl (C=O) groups excluding carboxylic acids is 2. The molecule has 3 aromatic rings. The van der Waals surface area contributed by atoms with Crippen LogP contribution in [0.3, 0.4) is 0 Å². The first-order valence-corrected chi connectivity index (χ1v) is 11.9. The molecule has 1 atom stereocenters. The first-order chi connectivity index (χ1) is 17.8. The lowest BCUT2D eigenvalue weighted by atomic mass is 10.1. The van der Waals surface area contributed by atoms with E-state index >= 15 is 0 Å². The van der Waals surface area contributed by atoms with E-state index in [9.17, 15) is 14.7 Å². The number of ether oxygens (including phenoxy) is 1. The van der Waals surface area contributed by atoms with Gasteiger partial charge in [-0.05, 0) is 59.6 Å². The first-order valence-electron chi connectivity index (χ1n) is 11.5. The molecule has 1 aliphatic rings. The summed E-state index contributed by atoms with van der Waals surface area (Å²) in [4.78, 5) is 33.2. The first kappa shape index (κ1) is 25.8. The molecule has 2 heterocycles. The van der Waals surface area contributed by atoms with Gasteiger partial charge in [-0.3, -0.25) is 19.0 Å². The third kappa shape index (κ3) is 5.59. The molecule has 1 fully saturated rings. The minimum Gasteiger partial charge on any atom is -0.858 e. The highest BCUT2D eigenvalue weighted by Crippen LogP contribution is 2.26. The van der Waals surface area contributed by atoms with Gasteiger partial charge in [0, 0.05) is 12.2 Å². The Morgan fingerprint density at radius 2 is 1.95 bits per heavy atom. The summed E-state index contributed by atoms with van der Waals surface area (Å²) in [7, 11) is 3.19. The van der Waals surface area contributed by atoms with E-state index in [0.29, 0.717) is 29.2 Å². The zero-order chi connectivity index (χ0) is 26.5. The van der Waals surface area contributed by atoms with E-state index in [1.54, 1.807) is 80.6 Å². The van der Waals surface area contributed by atoms with Gasteiger partial charge in [0.15, 0.2) is 12.2 Å². The molecule has 4 rings (SSSR count). The van der Waals surface area contributed by atoms with E-state index in [1.807, 2.05) is 0 Å². The van der Waals surface area contributed by atoms with E-state index < -0.39 is 11.9 Å². The summed E-state index contributed by atoms with van der Waals surface area (Å²) in [6.07, 6.45) is -0.133. The van der Waals surface area contributed by atoms with Crippen molar-refractivity contribution < 1.29 is 28.6 Å². The minimum absolute atomic E-state index is 0.00276. The second kappa shape index (κ2) is 11.2. The average Bonchev–Trinajstić information content (AvgIpc) is 3.35. The standard InChI is InChI=1S/C25H26N6O5S/c1-4-30-24(34)19(14-21(32)26-17-10-12-18(35-3)13-11-17)31(25(30)37)15-20-23(36-28-29(20)2)27-22(33)16-8-6-5-7-9-16/h5-13,19H,4,14-15H2,1-3H3,(H-,26,27,28,32,33). The molecule has 1 aromatic heterocycles. The van der Waals surface area contributed by atoms with Crippen molar-refractivity contribution in [2.75, 3.05) is 19.0 Å². The highest BCUT2D eigenvalue weighted by Gasteiger charge is 2.44. The number of aromatic nitrogens is 2. The Hall–Kier alpha value is -4.32. The van der Waals surface area contributed by atoms with Gasteiger partial charge < -0.3 is 20.1 Å². The third-order valence-corrected chi connectivity index (χ3v) is 6.36. The zero-order valence-corrected chi connectivity index (χ0v) is 21.4. The Morgan fingerprint density at radius 3 is 2.59 bits per heavy atom. The van der Waals surface area contributed by atoms with Gasteiger partial charge in [-0.2, -0.15) is 0 Å². The molecule has 1 saturated heterocycles. The zero-order valence-electron chi connectivity index (χ0n) is 20.6. The number of nitrogens with one attached hydrogen (secondary N) is 1. The van der Waals surface area contributed by atoms with Crippen LogP contribution in [0.1, 0.15) is 24.6 Å². The Morgan fingerprint density at radius 1 is 1.24 bits per heavy atom. The number of amides is 2.